The molecule has 0 amide bonds. The highest BCUT2D eigenvalue weighted by atomic mass is 16.5. The Bertz CT molecular complexity index is 810. The SMILES string of the molecule is c1ccc(C(CCOC(c2ccccc2)c2ccccc2)c2ccncc2)cc1. The number of pyridine rings is 1. The van der Waals surface area contributed by atoms with Gasteiger partial charge in [-0.3, -0.25) is 4.98 Å². The maximum absolute atomic E-state index is 6.47. The van der Waals surface area contributed by atoms with Gasteiger partial charge in [-0.15, -0.1) is 0 Å². The van der Waals surface area contributed by atoms with Gasteiger partial charge in [-0.25, -0.2) is 0 Å². The standard InChI is InChI=1S/C27H25NO/c1-4-10-22(11-5-1)26(23-16-19-28-20-17-23)18-21-29-27(24-12-6-2-7-13-24)25-14-8-3-9-15-25/h1-17,19-20,26-27H,18,21H2. The van der Waals surface area contributed by atoms with Crippen LogP contribution in [-0.2, 0) is 4.74 Å². The number of rotatable bonds is 8. The van der Waals surface area contributed by atoms with Crippen LogP contribution in [-0.4, -0.2) is 11.6 Å². The van der Waals surface area contributed by atoms with Crippen LogP contribution < -0.4 is 0 Å². The Kier molecular flexibility index (Phi) is 6.46. The molecular formula is C27H25NO. The van der Waals surface area contributed by atoms with Crippen molar-refractivity contribution in [2.75, 3.05) is 6.61 Å². The lowest BCUT2D eigenvalue weighted by atomic mass is 9.89. The molecular weight excluding hydrogens is 354 g/mol. The molecule has 1 aromatic heterocycles. The highest BCUT2D eigenvalue weighted by molar-refractivity contribution is 5.32. The van der Waals surface area contributed by atoms with Crippen LogP contribution in [0, 0.1) is 0 Å². The summed E-state index contributed by atoms with van der Waals surface area (Å²) in [7, 11) is 0. The van der Waals surface area contributed by atoms with Crippen molar-refractivity contribution in [2.45, 2.75) is 18.4 Å². The summed E-state index contributed by atoms with van der Waals surface area (Å²) < 4.78 is 6.47. The van der Waals surface area contributed by atoms with Crippen LogP contribution in [0.15, 0.2) is 116 Å². The van der Waals surface area contributed by atoms with Crippen LogP contribution in [0.1, 0.15) is 40.7 Å². The summed E-state index contributed by atoms with van der Waals surface area (Å²) in [6.07, 6.45) is 4.57. The monoisotopic (exact) mass is 379 g/mol. The van der Waals surface area contributed by atoms with E-state index in [2.05, 4.69) is 96.0 Å². The predicted molar refractivity (Wildman–Crippen MR) is 118 cm³/mol. The predicted octanol–water partition coefficient (Wildman–Crippen LogP) is 6.41. The maximum atomic E-state index is 6.47. The Balaban J connectivity index is 1.53. The van der Waals surface area contributed by atoms with E-state index in [9.17, 15) is 0 Å². The Morgan fingerprint density at radius 2 is 1.00 bits per heavy atom. The van der Waals surface area contributed by atoms with E-state index in [0.29, 0.717) is 6.61 Å². The van der Waals surface area contributed by atoms with Gasteiger partial charge in [-0.1, -0.05) is 91.0 Å². The van der Waals surface area contributed by atoms with Crippen LogP contribution in [0.4, 0.5) is 0 Å². The number of hydrogen-bond donors (Lipinski definition) is 0. The average molecular weight is 380 g/mol. The van der Waals surface area contributed by atoms with Crippen LogP contribution in [0.5, 0.6) is 0 Å². The highest BCUT2D eigenvalue weighted by Crippen LogP contribution is 2.30. The van der Waals surface area contributed by atoms with Gasteiger partial charge in [0.15, 0.2) is 0 Å². The summed E-state index contributed by atoms with van der Waals surface area (Å²) in [4.78, 5) is 4.18. The van der Waals surface area contributed by atoms with E-state index < -0.39 is 0 Å². The number of ether oxygens (including phenoxy) is 1. The van der Waals surface area contributed by atoms with Crippen molar-refractivity contribution < 1.29 is 4.74 Å². The molecule has 29 heavy (non-hydrogen) atoms. The van der Waals surface area contributed by atoms with Crippen LogP contribution in [0.25, 0.3) is 0 Å². The molecule has 1 atom stereocenters. The molecule has 144 valence electrons. The zero-order chi connectivity index (χ0) is 19.7. The van der Waals surface area contributed by atoms with Crippen molar-refractivity contribution in [3.8, 4) is 0 Å². The van der Waals surface area contributed by atoms with E-state index in [4.69, 9.17) is 4.74 Å². The van der Waals surface area contributed by atoms with E-state index in [1.807, 2.05) is 24.5 Å². The second-order valence-electron chi connectivity index (χ2n) is 7.10. The van der Waals surface area contributed by atoms with E-state index in [1.165, 1.54) is 22.3 Å². The Labute approximate surface area is 172 Å². The summed E-state index contributed by atoms with van der Waals surface area (Å²) in [5.41, 5.74) is 4.93. The minimum atomic E-state index is -0.0636. The first-order chi connectivity index (χ1) is 14.4. The van der Waals surface area contributed by atoms with Gasteiger partial charge in [0, 0.05) is 24.9 Å². The molecule has 0 bridgehead atoms. The average Bonchev–Trinajstić information content (AvgIpc) is 2.81. The first kappa shape index (κ1) is 19.1. The summed E-state index contributed by atoms with van der Waals surface area (Å²) in [5.74, 6) is 0.284. The lowest BCUT2D eigenvalue weighted by Crippen LogP contribution is -2.11. The first-order valence-electron chi connectivity index (χ1n) is 10.1. The molecule has 0 aliphatic rings. The summed E-state index contributed by atoms with van der Waals surface area (Å²) in [6.45, 7) is 0.663. The lowest BCUT2D eigenvalue weighted by molar-refractivity contribution is 0.0761. The molecule has 1 heterocycles. The molecule has 0 aliphatic heterocycles. The molecule has 4 aromatic rings. The van der Waals surface area contributed by atoms with Crippen molar-refractivity contribution in [3.05, 3.63) is 138 Å². The summed E-state index contributed by atoms with van der Waals surface area (Å²) in [6, 6.07) is 35.7. The van der Waals surface area contributed by atoms with E-state index in [-0.39, 0.29) is 12.0 Å². The van der Waals surface area contributed by atoms with Gasteiger partial charge in [0.25, 0.3) is 0 Å². The van der Waals surface area contributed by atoms with E-state index >= 15 is 0 Å². The number of nitrogens with zero attached hydrogens (tertiary/aromatic N) is 1. The van der Waals surface area contributed by atoms with Crippen molar-refractivity contribution in [3.63, 3.8) is 0 Å². The van der Waals surface area contributed by atoms with Crippen molar-refractivity contribution >= 4 is 0 Å². The van der Waals surface area contributed by atoms with Gasteiger partial charge >= 0.3 is 0 Å². The van der Waals surface area contributed by atoms with Crippen molar-refractivity contribution in [1.29, 1.82) is 0 Å². The highest BCUT2D eigenvalue weighted by Gasteiger charge is 2.18. The molecule has 0 fully saturated rings. The molecule has 4 rings (SSSR count). The van der Waals surface area contributed by atoms with Crippen LogP contribution >= 0.6 is 0 Å². The van der Waals surface area contributed by atoms with E-state index in [1.54, 1.807) is 0 Å². The van der Waals surface area contributed by atoms with Crippen LogP contribution in [0.2, 0.25) is 0 Å². The number of aromatic nitrogens is 1. The van der Waals surface area contributed by atoms with Gasteiger partial charge < -0.3 is 4.74 Å². The first-order valence-corrected chi connectivity index (χ1v) is 10.1. The normalized spacial score (nSPS) is 12.0. The Hall–Kier alpha value is -3.23. The molecule has 0 aliphatic carbocycles. The largest absolute Gasteiger partial charge is 0.369 e. The third kappa shape index (κ3) is 4.98. The summed E-state index contributed by atoms with van der Waals surface area (Å²) in [5, 5.41) is 0. The third-order valence-electron chi connectivity index (χ3n) is 5.21. The number of benzene rings is 3. The fourth-order valence-electron chi connectivity index (χ4n) is 3.75. The molecule has 0 spiro atoms. The van der Waals surface area contributed by atoms with E-state index in [0.717, 1.165) is 6.42 Å². The molecule has 2 nitrogen and oxygen atoms in total. The topological polar surface area (TPSA) is 22.1 Å². The second kappa shape index (κ2) is 9.81. The minimum Gasteiger partial charge on any atom is -0.369 e. The molecule has 1 unspecified atom stereocenters. The van der Waals surface area contributed by atoms with Gasteiger partial charge in [-0.05, 0) is 40.8 Å². The van der Waals surface area contributed by atoms with Crippen molar-refractivity contribution in [2.24, 2.45) is 0 Å². The smallest absolute Gasteiger partial charge is 0.108 e. The molecule has 0 radical (unpaired) electrons. The third-order valence-corrected chi connectivity index (χ3v) is 5.21. The van der Waals surface area contributed by atoms with Gasteiger partial charge in [-0.2, -0.15) is 0 Å². The zero-order valence-electron chi connectivity index (χ0n) is 16.4. The molecule has 0 saturated carbocycles. The number of hydrogen-bond acceptors (Lipinski definition) is 2. The lowest BCUT2D eigenvalue weighted by Gasteiger charge is -2.22. The molecule has 3 aromatic carbocycles. The van der Waals surface area contributed by atoms with Crippen molar-refractivity contribution in [1.82, 2.24) is 4.98 Å². The molecule has 2 heteroatoms. The fraction of sp³-hybridized carbons (Fsp3) is 0.148. The zero-order valence-corrected chi connectivity index (χ0v) is 16.4. The quantitative estimate of drug-likeness (QED) is 0.353. The Morgan fingerprint density at radius 3 is 1.52 bits per heavy atom. The Morgan fingerprint density at radius 1 is 0.552 bits per heavy atom. The van der Waals surface area contributed by atoms with Gasteiger partial charge in [0.2, 0.25) is 0 Å². The molecule has 0 saturated heterocycles. The fourth-order valence-corrected chi connectivity index (χ4v) is 3.75. The maximum Gasteiger partial charge on any atom is 0.108 e. The van der Waals surface area contributed by atoms with Gasteiger partial charge in [0.1, 0.15) is 6.10 Å². The molecule has 0 N–H and O–H groups in total. The van der Waals surface area contributed by atoms with Gasteiger partial charge in [0.05, 0.1) is 0 Å². The van der Waals surface area contributed by atoms with Crippen LogP contribution in [0.3, 0.4) is 0 Å². The minimum absolute atomic E-state index is 0.0636. The second-order valence-corrected chi connectivity index (χ2v) is 7.10. The summed E-state index contributed by atoms with van der Waals surface area (Å²) >= 11 is 0.